The number of hydrogen-bond donors (Lipinski definition) is 1. The molecule has 21 heavy (non-hydrogen) atoms. The van der Waals surface area contributed by atoms with Crippen molar-refractivity contribution in [3.8, 4) is 5.75 Å². The lowest BCUT2D eigenvalue weighted by molar-refractivity contribution is 0.247. The van der Waals surface area contributed by atoms with Crippen LogP contribution in [0.5, 0.6) is 5.75 Å². The van der Waals surface area contributed by atoms with Gasteiger partial charge in [0.1, 0.15) is 5.75 Å². The molecule has 0 saturated carbocycles. The summed E-state index contributed by atoms with van der Waals surface area (Å²) in [4.78, 5) is 2.96. The van der Waals surface area contributed by atoms with Gasteiger partial charge in [-0.15, -0.1) is 11.3 Å². The first-order chi connectivity index (χ1) is 10.3. The number of benzene rings is 1. The third-order valence-corrected chi connectivity index (χ3v) is 5.60. The number of fused-ring (bicyclic) bond motifs is 1. The van der Waals surface area contributed by atoms with Crippen molar-refractivity contribution in [1.29, 1.82) is 0 Å². The monoisotopic (exact) mass is 301 g/mol. The Morgan fingerprint density at radius 3 is 2.81 bits per heavy atom. The zero-order valence-electron chi connectivity index (χ0n) is 12.8. The second-order valence-corrected chi connectivity index (χ2v) is 6.86. The van der Waals surface area contributed by atoms with Crippen LogP contribution in [-0.2, 0) is 12.8 Å². The average molecular weight is 301 g/mol. The molecule has 0 saturated heterocycles. The van der Waals surface area contributed by atoms with E-state index in [9.17, 15) is 0 Å². The molecule has 2 heterocycles. The highest BCUT2D eigenvalue weighted by atomic mass is 32.1. The van der Waals surface area contributed by atoms with Crippen LogP contribution in [-0.4, -0.2) is 19.7 Å². The third kappa shape index (κ3) is 3.14. The molecule has 2 aromatic rings. The molecule has 3 rings (SSSR count). The zero-order chi connectivity index (χ0) is 14.7. The van der Waals surface area contributed by atoms with Crippen molar-refractivity contribution in [3.05, 3.63) is 51.7 Å². The van der Waals surface area contributed by atoms with Gasteiger partial charge in [-0.1, -0.05) is 25.1 Å². The predicted molar refractivity (Wildman–Crippen MR) is 89.5 cm³/mol. The van der Waals surface area contributed by atoms with Gasteiger partial charge in [0.15, 0.2) is 0 Å². The molecular weight excluding hydrogens is 278 g/mol. The highest BCUT2D eigenvalue weighted by Crippen LogP contribution is 2.36. The highest BCUT2D eigenvalue weighted by Gasteiger charge is 2.28. The number of likely N-dealkylation sites (N-methyl/N-ethyl adjacent to an activating group) is 1. The Bertz CT molecular complexity index is 592. The van der Waals surface area contributed by atoms with Crippen molar-refractivity contribution < 1.29 is 4.74 Å². The van der Waals surface area contributed by atoms with E-state index in [-0.39, 0.29) is 0 Å². The van der Waals surface area contributed by atoms with Crippen LogP contribution in [0.3, 0.4) is 0 Å². The van der Waals surface area contributed by atoms with E-state index in [1.165, 1.54) is 15.3 Å². The van der Waals surface area contributed by atoms with Gasteiger partial charge >= 0.3 is 0 Å². The van der Waals surface area contributed by atoms with Crippen molar-refractivity contribution in [3.63, 3.8) is 0 Å². The molecule has 1 aliphatic heterocycles. The Kier molecular flexibility index (Phi) is 4.61. The summed E-state index contributed by atoms with van der Waals surface area (Å²) in [5, 5.41) is 3.54. The Hall–Kier alpha value is -1.32. The summed E-state index contributed by atoms with van der Waals surface area (Å²) in [7, 11) is 2.08. The minimum atomic E-state index is 0.471. The number of hydrogen-bond acceptors (Lipinski definition) is 3. The maximum Gasteiger partial charge on any atom is 0.122 e. The fourth-order valence-corrected chi connectivity index (χ4v) is 4.19. The summed E-state index contributed by atoms with van der Waals surface area (Å²) in [5.74, 6) is 1.60. The smallest absolute Gasteiger partial charge is 0.122 e. The lowest BCUT2D eigenvalue weighted by atomic mass is 9.85. The summed E-state index contributed by atoms with van der Waals surface area (Å²) in [6.07, 6.45) is 3.32. The van der Waals surface area contributed by atoms with Crippen LogP contribution in [0.1, 0.15) is 34.6 Å². The molecule has 0 spiro atoms. The van der Waals surface area contributed by atoms with Crippen LogP contribution in [0.15, 0.2) is 36.4 Å². The van der Waals surface area contributed by atoms with Gasteiger partial charge in [0.2, 0.25) is 0 Å². The summed E-state index contributed by atoms with van der Waals surface area (Å²) in [5.41, 5.74) is 1.36. The molecule has 112 valence electrons. The van der Waals surface area contributed by atoms with Gasteiger partial charge in [-0.2, -0.15) is 0 Å². The van der Waals surface area contributed by atoms with Crippen LogP contribution >= 0.6 is 11.3 Å². The van der Waals surface area contributed by atoms with Crippen molar-refractivity contribution in [1.82, 2.24) is 5.32 Å². The maximum absolute atomic E-state index is 5.79. The van der Waals surface area contributed by atoms with Gasteiger partial charge in [-0.05, 0) is 50.1 Å². The van der Waals surface area contributed by atoms with E-state index >= 15 is 0 Å². The molecule has 1 aromatic heterocycles. The van der Waals surface area contributed by atoms with Gasteiger partial charge in [0.25, 0.3) is 0 Å². The molecule has 2 atom stereocenters. The number of ether oxygens (including phenoxy) is 1. The molecule has 1 aliphatic rings. The Labute approximate surface area is 131 Å². The molecule has 0 radical (unpaired) electrons. The van der Waals surface area contributed by atoms with Crippen molar-refractivity contribution in [2.24, 2.45) is 0 Å². The summed E-state index contributed by atoms with van der Waals surface area (Å²) in [6.45, 7) is 3.05. The minimum absolute atomic E-state index is 0.471. The van der Waals surface area contributed by atoms with Crippen LogP contribution in [0.25, 0.3) is 0 Å². The first-order valence-electron chi connectivity index (χ1n) is 7.78. The molecular formula is C18H23NOS. The topological polar surface area (TPSA) is 21.3 Å². The van der Waals surface area contributed by atoms with Gasteiger partial charge in [0.05, 0.1) is 6.61 Å². The molecule has 1 N–H and O–H groups in total. The number of rotatable bonds is 5. The lowest BCUT2D eigenvalue weighted by Crippen LogP contribution is -2.36. The van der Waals surface area contributed by atoms with E-state index in [1.807, 2.05) is 11.3 Å². The first-order valence-corrected chi connectivity index (χ1v) is 8.60. The molecule has 2 unspecified atom stereocenters. The summed E-state index contributed by atoms with van der Waals surface area (Å²) in [6, 6.07) is 13.5. The van der Waals surface area contributed by atoms with Gasteiger partial charge < -0.3 is 10.1 Å². The first kappa shape index (κ1) is 14.6. The fraction of sp³-hybridized carbons (Fsp3) is 0.444. The minimum Gasteiger partial charge on any atom is -0.493 e. The highest BCUT2D eigenvalue weighted by molar-refractivity contribution is 7.11. The second kappa shape index (κ2) is 6.63. The number of para-hydroxylation sites is 1. The van der Waals surface area contributed by atoms with Gasteiger partial charge in [-0.25, -0.2) is 0 Å². The molecule has 0 amide bonds. The Morgan fingerprint density at radius 1 is 1.24 bits per heavy atom. The van der Waals surface area contributed by atoms with E-state index in [1.54, 1.807) is 0 Å². The summed E-state index contributed by atoms with van der Waals surface area (Å²) >= 11 is 1.95. The quantitative estimate of drug-likeness (QED) is 0.901. The Morgan fingerprint density at radius 2 is 2.05 bits per heavy atom. The SMILES string of the molecule is CCc1ccc(CC(NC)C2CCOc3ccccc32)s1. The van der Waals surface area contributed by atoms with Crippen molar-refractivity contribution in [2.75, 3.05) is 13.7 Å². The molecule has 3 heteroatoms. The van der Waals surface area contributed by atoms with Crippen LogP contribution in [0.2, 0.25) is 0 Å². The van der Waals surface area contributed by atoms with Gasteiger partial charge in [-0.3, -0.25) is 0 Å². The van der Waals surface area contributed by atoms with Gasteiger partial charge in [0, 0.05) is 21.7 Å². The van der Waals surface area contributed by atoms with E-state index in [0.717, 1.165) is 31.6 Å². The molecule has 0 fully saturated rings. The van der Waals surface area contributed by atoms with Crippen molar-refractivity contribution in [2.45, 2.75) is 38.1 Å². The van der Waals surface area contributed by atoms with Crippen molar-refractivity contribution >= 4 is 11.3 Å². The fourth-order valence-electron chi connectivity index (χ4n) is 3.17. The normalized spacial score (nSPS) is 18.9. The number of nitrogens with one attached hydrogen (secondary N) is 1. The largest absolute Gasteiger partial charge is 0.493 e. The number of aryl methyl sites for hydroxylation is 1. The Balaban J connectivity index is 1.80. The standard InChI is InChI=1S/C18H23NOS/c1-3-13-8-9-14(21-13)12-17(19-2)15-10-11-20-18-7-5-4-6-16(15)18/h4-9,15,17,19H,3,10-12H2,1-2H3. The summed E-state index contributed by atoms with van der Waals surface area (Å²) < 4.78 is 5.79. The van der Waals surface area contributed by atoms with E-state index in [0.29, 0.717) is 12.0 Å². The molecule has 1 aromatic carbocycles. The molecule has 0 aliphatic carbocycles. The molecule has 0 bridgehead atoms. The lowest BCUT2D eigenvalue weighted by Gasteiger charge is -2.32. The van der Waals surface area contributed by atoms with E-state index in [4.69, 9.17) is 4.74 Å². The second-order valence-electron chi connectivity index (χ2n) is 5.60. The maximum atomic E-state index is 5.79. The molecule has 2 nitrogen and oxygen atoms in total. The van der Waals surface area contributed by atoms with Crippen LogP contribution in [0, 0.1) is 0 Å². The van der Waals surface area contributed by atoms with E-state index in [2.05, 4.69) is 55.7 Å². The zero-order valence-corrected chi connectivity index (χ0v) is 13.6. The third-order valence-electron chi connectivity index (χ3n) is 4.35. The van der Waals surface area contributed by atoms with E-state index < -0.39 is 0 Å². The predicted octanol–water partition coefficient (Wildman–Crippen LogP) is 4.01. The number of thiophene rings is 1. The average Bonchev–Trinajstić information content (AvgIpc) is 3.00. The van der Waals surface area contributed by atoms with Crippen LogP contribution in [0.4, 0.5) is 0 Å². The van der Waals surface area contributed by atoms with Crippen LogP contribution < -0.4 is 10.1 Å².